The first-order valence-corrected chi connectivity index (χ1v) is 9.70. The molecule has 0 aromatic carbocycles. The molecule has 130 valence electrons. The monoisotopic (exact) mass is 345 g/mol. The largest absolute Gasteiger partial charge is 0.437 e. The molecule has 1 aliphatic heterocycles. The normalized spacial score (nSPS) is 28.9. The van der Waals surface area contributed by atoms with Crippen molar-refractivity contribution >= 4 is 10.0 Å². The second-order valence-corrected chi connectivity index (χ2v) is 8.43. The fourth-order valence-corrected chi connectivity index (χ4v) is 5.88. The Bertz CT molecular complexity index is 710. The maximum atomic E-state index is 12.8. The van der Waals surface area contributed by atoms with Crippen molar-refractivity contribution in [2.75, 3.05) is 12.4 Å². The van der Waals surface area contributed by atoms with Gasteiger partial charge in [-0.1, -0.05) is 12.8 Å². The van der Waals surface area contributed by atoms with Gasteiger partial charge in [-0.2, -0.15) is 8.99 Å². The average molecular weight is 345 g/mol. The van der Waals surface area contributed by atoms with Crippen molar-refractivity contribution in [3.63, 3.8) is 0 Å². The summed E-state index contributed by atoms with van der Waals surface area (Å²) >= 11 is 0. The van der Waals surface area contributed by atoms with Crippen LogP contribution in [0.15, 0.2) is 9.21 Å². The van der Waals surface area contributed by atoms with E-state index in [1.54, 1.807) is 6.92 Å². The predicted molar refractivity (Wildman–Crippen MR) is 82.4 cm³/mol. The van der Waals surface area contributed by atoms with Gasteiger partial charge in [-0.15, -0.1) is 5.10 Å². The third-order valence-corrected chi connectivity index (χ3v) is 6.84. The molecule has 0 spiro atoms. The topological polar surface area (TPSA) is 106 Å². The Hall–Kier alpha value is -1.19. The van der Waals surface area contributed by atoms with Crippen LogP contribution in [0.2, 0.25) is 0 Å². The summed E-state index contributed by atoms with van der Waals surface area (Å²) in [7, 11) is -3.57. The highest BCUT2D eigenvalue weighted by atomic mass is 32.2. The number of sulfonamides is 1. The van der Waals surface area contributed by atoms with Crippen LogP contribution in [0.4, 0.5) is 0 Å². The van der Waals surface area contributed by atoms with Crippen LogP contribution in [0.3, 0.4) is 0 Å². The number of rotatable bonds is 5. The van der Waals surface area contributed by atoms with E-state index in [9.17, 15) is 18.3 Å². The van der Waals surface area contributed by atoms with Gasteiger partial charge >= 0.3 is 5.76 Å². The van der Waals surface area contributed by atoms with Crippen LogP contribution in [0.25, 0.3) is 0 Å². The Morgan fingerprint density at radius 1 is 1.35 bits per heavy atom. The zero-order valence-corrected chi connectivity index (χ0v) is 14.0. The summed E-state index contributed by atoms with van der Waals surface area (Å²) in [5.74, 6) is -0.297. The van der Waals surface area contributed by atoms with Crippen LogP contribution in [0, 0.1) is 12.8 Å². The molecule has 0 bridgehead atoms. The van der Waals surface area contributed by atoms with Crippen molar-refractivity contribution < 1.29 is 17.9 Å². The van der Waals surface area contributed by atoms with E-state index in [1.807, 2.05) is 0 Å². The summed E-state index contributed by atoms with van der Waals surface area (Å²) < 4.78 is 32.9. The number of hydrogen-bond donors (Lipinski definition) is 1. The van der Waals surface area contributed by atoms with Crippen LogP contribution < -0.4 is 5.76 Å². The first kappa shape index (κ1) is 16.7. The predicted octanol–water partition coefficient (Wildman–Crippen LogP) is 0.0999. The van der Waals surface area contributed by atoms with Crippen molar-refractivity contribution in [3.05, 3.63) is 16.4 Å². The molecule has 3 atom stereocenters. The summed E-state index contributed by atoms with van der Waals surface area (Å²) in [5, 5.41) is 13.5. The van der Waals surface area contributed by atoms with Crippen molar-refractivity contribution in [2.45, 2.75) is 57.7 Å². The second-order valence-electron chi connectivity index (χ2n) is 6.44. The lowest BCUT2D eigenvalue weighted by atomic mass is 9.85. The van der Waals surface area contributed by atoms with Gasteiger partial charge in [-0.3, -0.25) is 0 Å². The number of aliphatic hydroxyl groups is 1. The van der Waals surface area contributed by atoms with Gasteiger partial charge in [0.05, 0.1) is 18.9 Å². The van der Waals surface area contributed by atoms with Crippen molar-refractivity contribution in [1.29, 1.82) is 0 Å². The highest BCUT2D eigenvalue weighted by Gasteiger charge is 2.47. The molecular formula is C14H23N3O5S. The fourth-order valence-electron chi connectivity index (χ4n) is 3.97. The number of aliphatic hydroxyl groups excluding tert-OH is 1. The maximum Gasteiger partial charge on any atom is 0.437 e. The summed E-state index contributed by atoms with van der Waals surface area (Å²) in [6.07, 6.45) is 4.75. The van der Waals surface area contributed by atoms with Gasteiger partial charge in [-0.05, 0) is 25.2 Å². The fraction of sp³-hybridized carbons (Fsp3) is 0.857. The molecule has 1 N–H and O–H groups in total. The molecular weight excluding hydrogens is 322 g/mol. The first-order valence-electron chi connectivity index (χ1n) is 8.09. The lowest BCUT2D eigenvalue weighted by Crippen LogP contribution is -2.46. The van der Waals surface area contributed by atoms with Crippen molar-refractivity contribution in [1.82, 2.24) is 14.1 Å². The van der Waals surface area contributed by atoms with Crippen LogP contribution in [0.5, 0.6) is 0 Å². The van der Waals surface area contributed by atoms with Gasteiger partial charge in [0.25, 0.3) is 0 Å². The standard InChI is InChI=1S/C14H23N3O5S/c1-10-15-16(14(19)22-10)6-7-23(20,21)17-12(9-18)8-11-4-2-3-5-13(11)17/h11-13,18H,2-9H2,1H3/t11-,12-,13-/m0/s1. The summed E-state index contributed by atoms with van der Waals surface area (Å²) in [4.78, 5) is 11.5. The number of nitrogens with zero attached hydrogens (tertiary/aromatic N) is 3. The zero-order chi connectivity index (χ0) is 16.6. The molecule has 0 amide bonds. The van der Waals surface area contributed by atoms with Crippen molar-refractivity contribution in [3.8, 4) is 0 Å². The number of hydrogen-bond acceptors (Lipinski definition) is 6. The molecule has 1 aliphatic carbocycles. The van der Waals surface area contributed by atoms with Crippen molar-refractivity contribution in [2.24, 2.45) is 5.92 Å². The molecule has 9 heteroatoms. The molecule has 8 nitrogen and oxygen atoms in total. The summed E-state index contributed by atoms with van der Waals surface area (Å²) in [5.41, 5.74) is 0. The van der Waals surface area contributed by atoms with Crippen LogP contribution in [-0.2, 0) is 16.6 Å². The molecule has 0 radical (unpaired) electrons. The molecule has 1 saturated carbocycles. The van der Waals surface area contributed by atoms with E-state index in [4.69, 9.17) is 4.42 Å². The number of fused-ring (bicyclic) bond motifs is 1. The SMILES string of the molecule is Cc1nn(CCS(=O)(=O)N2[C@H](CO)C[C@@H]3CCCC[C@@H]32)c(=O)o1. The van der Waals surface area contributed by atoms with Gasteiger partial charge in [0.2, 0.25) is 15.9 Å². The van der Waals surface area contributed by atoms with Gasteiger partial charge in [0.15, 0.2) is 0 Å². The minimum atomic E-state index is -3.57. The molecule has 1 saturated heterocycles. The summed E-state index contributed by atoms with van der Waals surface area (Å²) in [6.45, 7) is 1.35. The van der Waals surface area contributed by atoms with E-state index >= 15 is 0 Å². The third-order valence-electron chi connectivity index (χ3n) is 4.93. The van der Waals surface area contributed by atoms with E-state index in [-0.39, 0.29) is 36.9 Å². The molecule has 0 unspecified atom stereocenters. The third kappa shape index (κ3) is 3.22. The quantitative estimate of drug-likeness (QED) is 0.811. The molecule has 23 heavy (non-hydrogen) atoms. The molecule has 2 heterocycles. The molecule has 2 aliphatic rings. The van der Waals surface area contributed by atoms with Gasteiger partial charge in [0, 0.05) is 19.0 Å². The number of aromatic nitrogens is 2. The minimum absolute atomic E-state index is 0.0123. The summed E-state index contributed by atoms with van der Waals surface area (Å²) in [6, 6.07) is -0.356. The maximum absolute atomic E-state index is 12.8. The Balaban J connectivity index is 1.77. The minimum Gasteiger partial charge on any atom is -0.395 e. The van der Waals surface area contributed by atoms with Crippen LogP contribution in [-0.4, -0.2) is 52.1 Å². The Morgan fingerprint density at radius 3 is 2.74 bits per heavy atom. The number of aryl methyl sites for hydroxylation is 2. The van der Waals surface area contributed by atoms with E-state index in [0.717, 1.165) is 36.8 Å². The second kappa shape index (κ2) is 6.37. The van der Waals surface area contributed by atoms with Gasteiger partial charge < -0.3 is 9.52 Å². The highest BCUT2D eigenvalue weighted by molar-refractivity contribution is 7.89. The average Bonchev–Trinajstić information content (AvgIpc) is 3.05. The first-order chi connectivity index (χ1) is 10.9. The van der Waals surface area contributed by atoms with E-state index in [0.29, 0.717) is 5.92 Å². The lowest BCUT2D eigenvalue weighted by Gasteiger charge is -2.32. The molecule has 1 aromatic heterocycles. The Labute approximate surface area is 135 Å². The van der Waals surface area contributed by atoms with E-state index in [2.05, 4.69) is 5.10 Å². The van der Waals surface area contributed by atoms with Gasteiger partial charge in [-0.25, -0.2) is 13.2 Å². The highest BCUT2D eigenvalue weighted by Crippen LogP contribution is 2.41. The Kier molecular flexibility index (Phi) is 4.61. The van der Waals surface area contributed by atoms with E-state index in [1.165, 1.54) is 4.31 Å². The molecule has 2 fully saturated rings. The van der Waals surface area contributed by atoms with Gasteiger partial charge in [0.1, 0.15) is 0 Å². The molecule has 1 aromatic rings. The lowest BCUT2D eigenvalue weighted by molar-refractivity contribution is 0.186. The Morgan fingerprint density at radius 2 is 2.09 bits per heavy atom. The van der Waals surface area contributed by atoms with Crippen LogP contribution >= 0.6 is 0 Å². The zero-order valence-electron chi connectivity index (χ0n) is 13.2. The van der Waals surface area contributed by atoms with E-state index < -0.39 is 15.8 Å². The van der Waals surface area contributed by atoms with Crippen LogP contribution in [0.1, 0.15) is 38.0 Å². The molecule has 3 rings (SSSR count). The smallest absolute Gasteiger partial charge is 0.395 e.